The molecule has 1 heterocycles. The van der Waals surface area contributed by atoms with Crippen LogP contribution in [-0.2, 0) is 11.3 Å². The number of hydrogen-bond acceptors (Lipinski definition) is 6. The third kappa shape index (κ3) is 5.01. The Labute approximate surface area is 195 Å². The molecule has 0 bridgehead atoms. The van der Waals surface area contributed by atoms with Gasteiger partial charge in [-0.1, -0.05) is 48.2 Å². The van der Waals surface area contributed by atoms with Crippen molar-refractivity contribution in [2.45, 2.75) is 11.7 Å². The smallest absolute Gasteiger partial charge is 0.266 e. The van der Waals surface area contributed by atoms with Gasteiger partial charge in [-0.15, -0.1) is 0 Å². The van der Waals surface area contributed by atoms with E-state index < -0.39 is 0 Å². The van der Waals surface area contributed by atoms with Gasteiger partial charge in [-0.2, -0.15) is 0 Å². The summed E-state index contributed by atoms with van der Waals surface area (Å²) in [5.41, 5.74) is 1.90. The predicted octanol–water partition coefficient (Wildman–Crippen LogP) is 3.81. The molecule has 0 radical (unpaired) electrons. The number of carbonyl (C=O) groups is 1. The number of aromatic nitrogens is 2. The van der Waals surface area contributed by atoms with E-state index >= 15 is 0 Å². The summed E-state index contributed by atoms with van der Waals surface area (Å²) in [7, 11) is 3.16. The molecule has 0 fully saturated rings. The zero-order chi connectivity index (χ0) is 23.2. The number of thioether (sulfide) groups is 1. The average Bonchev–Trinajstić information content (AvgIpc) is 2.86. The van der Waals surface area contributed by atoms with Crippen molar-refractivity contribution in [2.75, 3.05) is 20.0 Å². The van der Waals surface area contributed by atoms with Gasteiger partial charge < -0.3 is 14.8 Å². The molecule has 0 atom stereocenters. The predicted molar refractivity (Wildman–Crippen MR) is 129 cm³/mol. The zero-order valence-corrected chi connectivity index (χ0v) is 19.1. The Balaban J connectivity index is 1.58. The molecule has 1 N–H and O–H groups in total. The van der Waals surface area contributed by atoms with Crippen LogP contribution in [0.1, 0.15) is 5.56 Å². The second-order valence-electron chi connectivity index (χ2n) is 7.14. The molecule has 0 unspecified atom stereocenters. The largest absolute Gasteiger partial charge is 0.497 e. The summed E-state index contributed by atoms with van der Waals surface area (Å²) >= 11 is 1.20. The summed E-state index contributed by atoms with van der Waals surface area (Å²) in [6.07, 6.45) is 0. The first-order chi connectivity index (χ1) is 16.1. The minimum absolute atomic E-state index is 0.107. The van der Waals surface area contributed by atoms with Gasteiger partial charge in [0.05, 0.1) is 36.6 Å². The normalized spacial score (nSPS) is 10.7. The zero-order valence-electron chi connectivity index (χ0n) is 18.3. The summed E-state index contributed by atoms with van der Waals surface area (Å²) in [6.45, 7) is 0.397. The van der Waals surface area contributed by atoms with Crippen LogP contribution >= 0.6 is 11.8 Å². The molecule has 7 nitrogen and oxygen atoms in total. The molecule has 168 valence electrons. The number of nitrogens with zero attached hydrogens (tertiary/aromatic N) is 2. The average molecular weight is 462 g/mol. The lowest BCUT2D eigenvalue weighted by molar-refractivity contribution is -0.118. The van der Waals surface area contributed by atoms with Crippen molar-refractivity contribution < 1.29 is 14.3 Å². The number of benzene rings is 3. The standard InChI is InChI=1S/C25H23N3O4S/c1-31-18-13-11-17(12-14-18)15-26-23(29)16-33-25-27-20-8-4-3-7-19(20)24(30)28(25)21-9-5-6-10-22(21)32-2/h3-14H,15-16H2,1-2H3,(H,26,29). The first kappa shape index (κ1) is 22.4. The van der Waals surface area contributed by atoms with Gasteiger partial charge in [-0.25, -0.2) is 4.98 Å². The van der Waals surface area contributed by atoms with E-state index in [-0.39, 0.29) is 17.2 Å². The molecule has 0 aliphatic heterocycles. The summed E-state index contributed by atoms with van der Waals surface area (Å²) in [6, 6.07) is 21.9. The Bertz CT molecular complexity index is 1340. The Morgan fingerprint density at radius 3 is 2.45 bits per heavy atom. The van der Waals surface area contributed by atoms with Gasteiger partial charge in [0.15, 0.2) is 5.16 Å². The van der Waals surface area contributed by atoms with Crippen molar-refractivity contribution >= 4 is 28.6 Å². The molecule has 3 aromatic carbocycles. The van der Waals surface area contributed by atoms with Crippen molar-refractivity contribution in [1.29, 1.82) is 0 Å². The maximum absolute atomic E-state index is 13.4. The fraction of sp³-hybridized carbons (Fsp3) is 0.160. The number of hydrogen-bond donors (Lipinski definition) is 1. The molecule has 0 spiro atoms. The molecule has 4 rings (SSSR count). The van der Waals surface area contributed by atoms with E-state index in [9.17, 15) is 9.59 Å². The quantitative estimate of drug-likeness (QED) is 0.317. The van der Waals surface area contributed by atoms with Crippen molar-refractivity contribution in [3.63, 3.8) is 0 Å². The highest BCUT2D eigenvalue weighted by molar-refractivity contribution is 7.99. The first-order valence-corrected chi connectivity index (χ1v) is 11.3. The number of carbonyl (C=O) groups excluding carboxylic acids is 1. The molecule has 33 heavy (non-hydrogen) atoms. The van der Waals surface area contributed by atoms with Crippen LogP contribution in [0.25, 0.3) is 16.6 Å². The molecule has 0 aliphatic rings. The molecule has 0 aliphatic carbocycles. The number of fused-ring (bicyclic) bond motifs is 1. The number of para-hydroxylation sites is 3. The molecule has 0 saturated heterocycles. The highest BCUT2D eigenvalue weighted by atomic mass is 32.2. The van der Waals surface area contributed by atoms with Crippen LogP contribution in [0.3, 0.4) is 0 Å². The van der Waals surface area contributed by atoms with E-state index in [2.05, 4.69) is 10.3 Å². The number of nitrogens with one attached hydrogen (secondary N) is 1. The van der Waals surface area contributed by atoms with Crippen molar-refractivity contribution in [3.05, 3.63) is 88.7 Å². The highest BCUT2D eigenvalue weighted by Crippen LogP contribution is 2.27. The SMILES string of the molecule is COc1ccc(CNC(=O)CSc2nc3ccccc3c(=O)n2-c2ccccc2OC)cc1. The minimum Gasteiger partial charge on any atom is -0.497 e. The van der Waals surface area contributed by atoms with Gasteiger partial charge in [0.1, 0.15) is 11.5 Å². The molecule has 4 aromatic rings. The van der Waals surface area contributed by atoms with Gasteiger partial charge in [-0.05, 0) is 42.0 Å². The van der Waals surface area contributed by atoms with Crippen molar-refractivity contribution in [1.82, 2.24) is 14.9 Å². The number of ether oxygens (including phenoxy) is 2. The molecule has 1 aromatic heterocycles. The van der Waals surface area contributed by atoms with Crippen LogP contribution < -0.4 is 20.3 Å². The van der Waals surface area contributed by atoms with E-state index in [1.807, 2.05) is 42.5 Å². The fourth-order valence-electron chi connectivity index (χ4n) is 3.36. The second kappa shape index (κ2) is 10.2. The van der Waals surface area contributed by atoms with Gasteiger partial charge in [0, 0.05) is 6.54 Å². The summed E-state index contributed by atoms with van der Waals surface area (Å²) < 4.78 is 12.1. The van der Waals surface area contributed by atoms with E-state index in [0.717, 1.165) is 11.3 Å². The van der Waals surface area contributed by atoms with Gasteiger partial charge in [-0.3, -0.25) is 14.2 Å². The van der Waals surface area contributed by atoms with Crippen molar-refractivity contribution in [3.8, 4) is 17.2 Å². The molecule has 1 amide bonds. The number of rotatable bonds is 8. The maximum Gasteiger partial charge on any atom is 0.266 e. The minimum atomic E-state index is -0.216. The van der Waals surface area contributed by atoms with E-state index in [4.69, 9.17) is 9.47 Å². The Kier molecular flexibility index (Phi) is 6.95. The number of methoxy groups -OCH3 is 2. The lowest BCUT2D eigenvalue weighted by Crippen LogP contribution is -2.26. The third-order valence-corrected chi connectivity index (χ3v) is 5.99. The van der Waals surface area contributed by atoms with Crippen LogP contribution in [0.5, 0.6) is 11.5 Å². The van der Waals surface area contributed by atoms with Gasteiger partial charge in [0.2, 0.25) is 5.91 Å². The Morgan fingerprint density at radius 2 is 1.70 bits per heavy atom. The Hall–Kier alpha value is -3.78. The fourth-order valence-corrected chi connectivity index (χ4v) is 4.20. The lowest BCUT2D eigenvalue weighted by Gasteiger charge is -2.15. The topological polar surface area (TPSA) is 82.5 Å². The lowest BCUT2D eigenvalue weighted by atomic mass is 10.2. The van der Waals surface area contributed by atoms with Gasteiger partial charge >= 0.3 is 0 Å². The van der Waals surface area contributed by atoms with E-state index in [1.165, 1.54) is 16.3 Å². The number of amides is 1. The van der Waals surface area contributed by atoms with E-state index in [0.29, 0.717) is 34.0 Å². The Morgan fingerprint density at radius 1 is 0.970 bits per heavy atom. The third-order valence-electron chi connectivity index (χ3n) is 5.05. The van der Waals surface area contributed by atoms with Crippen LogP contribution in [0.15, 0.2) is 82.7 Å². The first-order valence-electron chi connectivity index (χ1n) is 10.3. The van der Waals surface area contributed by atoms with E-state index in [1.54, 1.807) is 44.6 Å². The van der Waals surface area contributed by atoms with Crippen LogP contribution in [0.2, 0.25) is 0 Å². The summed E-state index contributed by atoms with van der Waals surface area (Å²) in [5.74, 6) is 1.25. The molecule has 8 heteroatoms. The molecule has 0 saturated carbocycles. The van der Waals surface area contributed by atoms with Crippen molar-refractivity contribution in [2.24, 2.45) is 0 Å². The monoisotopic (exact) mass is 461 g/mol. The molecular formula is C25H23N3O4S. The van der Waals surface area contributed by atoms with Crippen LogP contribution in [-0.4, -0.2) is 35.4 Å². The molecular weight excluding hydrogens is 438 g/mol. The summed E-state index contributed by atoms with van der Waals surface area (Å²) in [4.78, 5) is 30.6. The van der Waals surface area contributed by atoms with Crippen LogP contribution in [0, 0.1) is 0 Å². The van der Waals surface area contributed by atoms with Crippen LogP contribution in [0.4, 0.5) is 0 Å². The summed E-state index contributed by atoms with van der Waals surface area (Å²) in [5, 5.41) is 3.82. The second-order valence-corrected chi connectivity index (χ2v) is 8.08. The maximum atomic E-state index is 13.4. The van der Waals surface area contributed by atoms with Gasteiger partial charge in [0.25, 0.3) is 5.56 Å². The highest BCUT2D eigenvalue weighted by Gasteiger charge is 2.17.